The van der Waals surface area contributed by atoms with Gasteiger partial charge in [-0.3, -0.25) is 4.99 Å². The molecule has 25 heavy (non-hydrogen) atoms. The first-order valence-electron chi connectivity index (χ1n) is 7.95. The molecule has 0 saturated heterocycles. The zero-order valence-corrected chi connectivity index (χ0v) is 13.9. The van der Waals surface area contributed by atoms with Gasteiger partial charge in [0, 0.05) is 15.4 Å². The van der Waals surface area contributed by atoms with Gasteiger partial charge in [0.1, 0.15) is 19.3 Å². The molecule has 3 aliphatic heterocycles. The molecule has 0 radical (unpaired) electrons. The van der Waals surface area contributed by atoms with Crippen molar-refractivity contribution in [3.8, 4) is 11.5 Å². The Kier molecular flexibility index (Phi) is 3.15. The molecule has 2 aromatic carbocycles. The quantitative estimate of drug-likeness (QED) is 0.896. The van der Waals surface area contributed by atoms with Crippen LogP contribution in [0.2, 0.25) is 0 Å². The van der Waals surface area contributed by atoms with Crippen molar-refractivity contribution in [2.45, 2.75) is 10.9 Å². The molecule has 0 saturated carbocycles. The van der Waals surface area contributed by atoms with Gasteiger partial charge in [0.2, 0.25) is 0 Å². The zero-order valence-electron chi connectivity index (χ0n) is 13.1. The monoisotopic (exact) mass is 351 g/mol. The van der Waals surface area contributed by atoms with Crippen LogP contribution in [0.1, 0.15) is 17.2 Å². The van der Waals surface area contributed by atoms with Gasteiger partial charge < -0.3 is 14.6 Å². The molecule has 2 aromatic rings. The van der Waals surface area contributed by atoms with Crippen LogP contribution in [-0.2, 0) is 4.79 Å². The lowest BCUT2D eigenvalue weighted by atomic mass is 9.99. The Balaban J connectivity index is 1.68. The Morgan fingerprint density at radius 1 is 1.12 bits per heavy atom. The third-order valence-corrected chi connectivity index (χ3v) is 5.70. The summed E-state index contributed by atoms with van der Waals surface area (Å²) in [4.78, 5) is 18.4. The molecule has 3 heterocycles. The smallest absolute Gasteiger partial charge is 0.354 e. The fourth-order valence-electron chi connectivity index (χ4n) is 3.38. The Morgan fingerprint density at radius 3 is 2.76 bits per heavy atom. The van der Waals surface area contributed by atoms with Gasteiger partial charge in [-0.1, -0.05) is 36.0 Å². The minimum absolute atomic E-state index is 0.110. The lowest BCUT2D eigenvalue weighted by Gasteiger charge is -2.19. The number of hydrogen-bond acceptors (Lipinski definition) is 5. The average Bonchev–Trinajstić information content (AvgIpc) is 3.17. The number of nitrogens with zero attached hydrogens (tertiary/aromatic N) is 1. The summed E-state index contributed by atoms with van der Waals surface area (Å²) in [6.07, 6.45) is 0. The molecule has 0 fully saturated rings. The van der Waals surface area contributed by atoms with E-state index in [1.165, 1.54) is 0 Å². The van der Waals surface area contributed by atoms with Crippen LogP contribution in [0.15, 0.2) is 57.3 Å². The second kappa shape index (κ2) is 5.39. The Morgan fingerprint density at radius 2 is 1.92 bits per heavy atom. The molecule has 0 aliphatic carbocycles. The highest BCUT2D eigenvalue weighted by atomic mass is 32.2. The molecular formula is C19H13NO4S. The molecule has 0 amide bonds. The summed E-state index contributed by atoms with van der Waals surface area (Å²) < 4.78 is 11.2. The summed E-state index contributed by atoms with van der Waals surface area (Å²) in [5.74, 6) is 0.321. The number of ether oxygens (including phenoxy) is 2. The van der Waals surface area contributed by atoms with E-state index in [4.69, 9.17) is 9.47 Å². The van der Waals surface area contributed by atoms with E-state index in [9.17, 15) is 9.90 Å². The molecule has 5 rings (SSSR count). The van der Waals surface area contributed by atoms with Gasteiger partial charge in [-0.05, 0) is 29.3 Å². The average molecular weight is 351 g/mol. The van der Waals surface area contributed by atoms with Gasteiger partial charge in [0.15, 0.2) is 17.2 Å². The molecule has 1 atom stereocenters. The van der Waals surface area contributed by atoms with Crippen molar-refractivity contribution in [3.63, 3.8) is 0 Å². The van der Waals surface area contributed by atoms with E-state index in [0.29, 0.717) is 30.3 Å². The standard InChI is InChI=1S/C19H13NO4S/c21-19(22)17-15(10-5-6-12-13(9-10)24-8-7-23-12)18-16(20-17)11-3-1-2-4-14(11)25-18/h1-6,9,16H,7-8H2,(H,21,22). The van der Waals surface area contributed by atoms with Crippen molar-refractivity contribution in [3.05, 3.63) is 58.5 Å². The molecule has 0 bridgehead atoms. The summed E-state index contributed by atoms with van der Waals surface area (Å²) in [5, 5.41) is 9.66. The number of rotatable bonds is 2. The fraction of sp³-hybridized carbons (Fsp3) is 0.158. The maximum Gasteiger partial charge on any atom is 0.354 e. The number of carboxylic acid groups (broad SMARTS) is 1. The van der Waals surface area contributed by atoms with Gasteiger partial charge in [-0.25, -0.2) is 4.79 Å². The topological polar surface area (TPSA) is 68.1 Å². The van der Waals surface area contributed by atoms with Gasteiger partial charge in [-0.2, -0.15) is 0 Å². The maximum atomic E-state index is 11.8. The highest BCUT2D eigenvalue weighted by molar-refractivity contribution is 8.03. The van der Waals surface area contributed by atoms with Gasteiger partial charge >= 0.3 is 5.97 Å². The van der Waals surface area contributed by atoms with Crippen molar-refractivity contribution in [2.75, 3.05) is 13.2 Å². The third-order valence-electron chi connectivity index (χ3n) is 4.46. The Bertz CT molecular complexity index is 979. The SMILES string of the molecule is O=C(O)C1=NC2C(=C1c1ccc3c(c1)OCCO3)Sc1ccccc12. The second-order valence-corrected chi connectivity index (χ2v) is 7.01. The summed E-state index contributed by atoms with van der Waals surface area (Å²) in [6, 6.07) is 13.3. The number of benzene rings is 2. The van der Waals surface area contributed by atoms with Crippen LogP contribution in [0.25, 0.3) is 5.57 Å². The number of hydrogen-bond donors (Lipinski definition) is 1. The summed E-state index contributed by atoms with van der Waals surface area (Å²) >= 11 is 1.60. The number of aliphatic carboxylic acids is 1. The van der Waals surface area contributed by atoms with Gasteiger partial charge in [0.25, 0.3) is 0 Å². The van der Waals surface area contributed by atoms with E-state index in [-0.39, 0.29) is 11.8 Å². The van der Waals surface area contributed by atoms with E-state index < -0.39 is 5.97 Å². The molecule has 5 nitrogen and oxygen atoms in total. The molecule has 124 valence electrons. The minimum Gasteiger partial charge on any atom is -0.486 e. The number of thioether (sulfide) groups is 1. The fourth-order valence-corrected chi connectivity index (χ4v) is 4.67. The van der Waals surface area contributed by atoms with Crippen LogP contribution in [0.4, 0.5) is 0 Å². The van der Waals surface area contributed by atoms with Crippen LogP contribution in [0, 0.1) is 0 Å². The third kappa shape index (κ3) is 2.17. The van der Waals surface area contributed by atoms with Crippen LogP contribution in [0.3, 0.4) is 0 Å². The van der Waals surface area contributed by atoms with E-state index in [1.54, 1.807) is 11.8 Å². The molecule has 0 spiro atoms. The Hall–Kier alpha value is -2.73. The number of aliphatic imine (C=N–C) groups is 1. The molecule has 3 aliphatic rings. The first-order valence-corrected chi connectivity index (χ1v) is 8.76. The van der Waals surface area contributed by atoms with Crippen molar-refractivity contribution in [1.82, 2.24) is 0 Å². The number of carboxylic acids is 1. The van der Waals surface area contributed by atoms with Crippen molar-refractivity contribution in [1.29, 1.82) is 0 Å². The molecular weight excluding hydrogens is 338 g/mol. The first kappa shape index (κ1) is 14.6. The van der Waals surface area contributed by atoms with Gasteiger partial charge in [-0.15, -0.1) is 0 Å². The summed E-state index contributed by atoms with van der Waals surface area (Å²) in [5.41, 5.74) is 2.64. The summed E-state index contributed by atoms with van der Waals surface area (Å²) in [7, 11) is 0. The highest BCUT2D eigenvalue weighted by Crippen LogP contribution is 2.55. The molecule has 6 heteroatoms. The lowest BCUT2D eigenvalue weighted by Crippen LogP contribution is -2.16. The number of fused-ring (bicyclic) bond motifs is 4. The van der Waals surface area contributed by atoms with Crippen LogP contribution in [0.5, 0.6) is 11.5 Å². The largest absolute Gasteiger partial charge is 0.486 e. The van der Waals surface area contributed by atoms with Crippen LogP contribution < -0.4 is 9.47 Å². The van der Waals surface area contributed by atoms with Crippen LogP contribution >= 0.6 is 11.8 Å². The van der Waals surface area contributed by atoms with Crippen molar-refractivity contribution >= 4 is 29.0 Å². The summed E-state index contributed by atoms with van der Waals surface area (Å²) in [6.45, 7) is 1.01. The molecule has 1 unspecified atom stereocenters. The van der Waals surface area contributed by atoms with Crippen LogP contribution in [-0.4, -0.2) is 30.0 Å². The van der Waals surface area contributed by atoms with E-state index in [0.717, 1.165) is 20.9 Å². The van der Waals surface area contributed by atoms with Gasteiger partial charge in [0.05, 0.1) is 0 Å². The second-order valence-electron chi connectivity index (χ2n) is 5.92. The van der Waals surface area contributed by atoms with Crippen molar-refractivity contribution in [2.24, 2.45) is 4.99 Å². The Labute approximate surface area is 148 Å². The number of carbonyl (C=O) groups is 1. The lowest BCUT2D eigenvalue weighted by molar-refractivity contribution is -0.129. The van der Waals surface area contributed by atoms with E-state index in [2.05, 4.69) is 4.99 Å². The van der Waals surface area contributed by atoms with E-state index >= 15 is 0 Å². The maximum absolute atomic E-state index is 11.8. The molecule has 1 N–H and O–H groups in total. The van der Waals surface area contributed by atoms with Crippen molar-refractivity contribution < 1.29 is 19.4 Å². The van der Waals surface area contributed by atoms with E-state index in [1.807, 2.05) is 42.5 Å². The highest BCUT2D eigenvalue weighted by Gasteiger charge is 2.39. The minimum atomic E-state index is -1.01. The predicted molar refractivity (Wildman–Crippen MR) is 94.5 cm³/mol. The zero-order chi connectivity index (χ0) is 17.0. The normalized spacial score (nSPS) is 20.2. The molecule has 0 aromatic heterocycles. The predicted octanol–water partition coefficient (Wildman–Crippen LogP) is 3.56. The first-order chi connectivity index (χ1) is 12.2.